The number of esters is 1. The third kappa shape index (κ3) is 3.65. The molecule has 0 N–H and O–H groups in total. The van der Waals surface area contributed by atoms with E-state index in [0.29, 0.717) is 13.1 Å². The molecule has 0 spiro atoms. The monoisotopic (exact) mass is 354 g/mol. The summed E-state index contributed by atoms with van der Waals surface area (Å²) in [7, 11) is 0. The van der Waals surface area contributed by atoms with Crippen LogP contribution in [0.5, 0.6) is 0 Å². The summed E-state index contributed by atoms with van der Waals surface area (Å²) in [5, 5.41) is 3.50. The molecule has 0 aliphatic carbocycles. The Morgan fingerprint density at radius 1 is 1.24 bits per heavy atom. The Kier molecular flexibility index (Phi) is 4.47. The lowest BCUT2D eigenvalue weighted by Crippen LogP contribution is -2.44. The second-order valence-corrected chi connectivity index (χ2v) is 5.43. The molecule has 1 amide bonds. The minimum Gasteiger partial charge on any atom is -0.450 e. The maximum atomic E-state index is 13.0. The Morgan fingerprint density at radius 3 is 2.60 bits per heavy atom. The van der Waals surface area contributed by atoms with Crippen LogP contribution in [0.1, 0.15) is 22.5 Å². The van der Waals surface area contributed by atoms with E-state index in [1.165, 1.54) is 23.1 Å². The molecule has 0 unspecified atom stereocenters. The van der Waals surface area contributed by atoms with E-state index in [4.69, 9.17) is 9.26 Å². The largest absolute Gasteiger partial charge is 0.450 e. The van der Waals surface area contributed by atoms with Gasteiger partial charge >= 0.3 is 12.1 Å². The van der Waals surface area contributed by atoms with Gasteiger partial charge in [-0.05, 0) is 12.5 Å². The van der Waals surface area contributed by atoms with Crippen LogP contribution in [0.25, 0.3) is 11.3 Å². The Bertz CT molecular complexity index is 797. The molecule has 0 saturated carbocycles. The highest BCUT2D eigenvalue weighted by Gasteiger charge is 2.34. The van der Waals surface area contributed by atoms with Crippen molar-refractivity contribution in [2.75, 3.05) is 19.7 Å². The first-order valence-corrected chi connectivity index (χ1v) is 7.44. The number of carbonyl (C=O) groups is 2. The van der Waals surface area contributed by atoms with E-state index in [9.17, 15) is 22.8 Å². The summed E-state index contributed by atoms with van der Waals surface area (Å²) in [4.78, 5) is 25.0. The van der Waals surface area contributed by atoms with Crippen LogP contribution in [-0.2, 0) is 15.7 Å². The van der Waals surface area contributed by atoms with Crippen LogP contribution >= 0.6 is 0 Å². The van der Waals surface area contributed by atoms with Gasteiger partial charge < -0.3 is 14.2 Å². The number of nitrogens with zero attached hydrogens (tertiary/aromatic N) is 2. The van der Waals surface area contributed by atoms with Crippen LogP contribution in [0.2, 0.25) is 0 Å². The molecule has 132 valence electrons. The van der Waals surface area contributed by atoms with Crippen molar-refractivity contribution in [1.29, 1.82) is 0 Å². The molecule has 6 nitrogen and oxygen atoms in total. The van der Waals surface area contributed by atoms with E-state index in [1.807, 2.05) is 0 Å². The summed E-state index contributed by atoms with van der Waals surface area (Å²) in [5.74, 6) is -1.66. The molecule has 9 heteroatoms. The van der Waals surface area contributed by atoms with E-state index >= 15 is 0 Å². The lowest BCUT2D eigenvalue weighted by Gasteiger charge is -2.30. The molecule has 1 saturated heterocycles. The van der Waals surface area contributed by atoms with Gasteiger partial charge in [0.1, 0.15) is 5.69 Å². The van der Waals surface area contributed by atoms with Gasteiger partial charge in [0, 0.05) is 24.7 Å². The first kappa shape index (κ1) is 17.0. The molecule has 1 fully saturated rings. The van der Waals surface area contributed by atoms with Crippen molar-refractivity contribution in [3.8, 4) is 11.3 Å². The van der Waals surface area contributed by atoms with Crippen LogP contribution in [0.3, 0.4) is 0 Å². The molecule has 1 aromatic heterocycles. The van der Waals surface area contributed by atoms with Crippen molar-refractivity contribution < 1.29 is 32.0 Å². The van der Waals surface area contributed by atoms with Crippen molar-refractivity contribution in [2.24, 2.45) is 0 Å². The van der Waals surface area contributed by atoms with Gasteiger partial charge in [-0.1, -0.05) is 23.4 Å². The normalized spacial score (nSPS) is 14.1. The van der Waals surface area contributed by atoms with E-state index in [1.54, 1.807) is 0 Å². The van der Waals surface area contributed by atoms with Gasteiger partial charge in [-0.2, -0.15) is 13.2 Å². The van der Waals surface area contributed by atoms with Gasteiger partial charge in [0.05, 0.1) is 5.56 Å². The summed E-state index contributed by atoms with van der Waals surface area (Å²) < 4.78 is 48.7. The number of rotatable bonds is 4. The van der Waals surface area contributed by atoms with Crippen LogP contribution in [0, 0.1) is 0 Å². The third-order valence-electron chi connectivity index (χ3n) is 3.76. The van der Waals surface area contributed by atoms with E-state index < -0.39 is 24.3 Å². The Morgan fingerprint density at radius 2 is 1.96 bits per heavy atom. The summed E-state index contributed by atoms with van der Waals surface area (Å²) >= 11 is 0. The first-order chi connectivity index (χ1) is 11.9. The van der Waals surface area contributed by atoms with Crippen molar-refractivity contribution >= 4 is 11.9 Å². The van der Waals surface area contributed by atoms with Gasteiger partial charge in [-0.15, -0.1) is 0 Å². The maximum absolute atomic E-state index is 13.0. The van der Waals surface area contributed by atoms with E-state index in [-0.39, 0.29) is 22.9 Å². The standard InChI is InChI=1S/C16H13F3N2O4/c17-16(18,19)11-5-2-1-4-10(11)12-8-13(25-20-12)15(23)24-9-14(22)21-6-3-7-21/h1-2,4-5,8H,3,6-7,9H2. The number of ether oxygens (including phenoxy) is 1. The number of carbonyl (C=O) groups excluding carboxylic acids is 2. The van der Waals surface area contributed by atoms with Crippen LogP contribution < -0.4 is 0 Å². The number of hydrogen-bond acceptors (Lipinski definition) is 5. The molecule has 25 heavy (non-hydrogen) atoms. The first-order valence-electron chi connectivity index (χ1n) is 7.44. The molecule has 1 aliphatic heterocycles. The van der Waals surface area contributed by atoms with Crippen molar-refractivity contribution in [3.63, 3.8) is 0 Å². The van der Waals surface area contributed by atoms with E-state index in [2.05, 4.69) is 5.16 Å². The van der Waals surface area contributed by atoms with Crippen LogP contribution in [-0.4, -0.2) is 41.6 Å². The summed E-state index contributed by atoms with van der Waals surface area (Å²) in [6, 6.07) is 5.86. The predicted octanol–water partition coefficient (Wildman–Crippen LogP) is 2.75. The second kappa shape index (κ2) is 6.58. The summed E-state index contributed by atoms with van der Waals surface area (Å²) in [5.41, 5.74) is -1.25. The molecule has 0 bridgehead atoms. The number of benzene rings is 1. The lowest BCUT2D eigenvalue weighted by molar-refractivity contribution is -0.138. The quantitative estimate of drug-likeness (QED) is 0.790. The van der Waals surface area contributed by atoms with Gasteiger partial charge in [0.25, 0.3) is 5.91 Å². The van der Waals surface area contributed by atoms with Gasteiger partial charge in [0.15, 0.2) is 6.61 Å². The highest BCUT2D eigenvalue weighted by atomic mass is 19.4. The molecule has 1 aromatic carbocycles. The van der Waals surface area contributed by atoms with Crippen molar-refractivity contribution in [2.45, 2.75) is 12.6 Å². The fraction of sp³-hybridized carbons (Fsp3) is 0.312. The molecule has 1 aliphatic rings. The van der Waals surface area contributed by atoms with Crippen molar-refractivity contribution in [1.82, 2.24) is 10.1 Å². The van der Waals surface area contributed by atoms with Crippen LogP contribution in [0.4, 0.5) is 13.2 Å². The molecular weight excluding hydrogens is 341 g/mol. The second-order valence-electron chi connectivity index (χ2n) is 5.43. The minimum absolute atomic E-state index is 0.144. The Labute approximate surface area is 140 Å². The number of aromatic nitrogens is 1. The van der Waals surface area contributed by atoms with Gasteiger partial charge in [-0.3, -0.25) is 4.79 Å². The average molecular weight is 354 g/mol. The molecule has 2 heterocycles. The average Bonchev–Trinajstić information content (AvgIpc) is 3.00. The van der Waals surface area contributed by atoms with Gasteiger partial charge in [0.2, 0.25) is 5.76 Å². The molecule has 0 atom stereocenters. The number of alkyl halides is 3. The SMILES string of the molecule is O=C(OCC(=O)N1CCC1)c1cc(-c2ccccc2C(F)(F)F)no1. The van der Waals surface area contributed by atoms with Gasteiger partial charge in [-0.25, -0.2) is 4.79 Å². The lowest BCUT2D eigenvalue weighted by atomic mass is 10.0. The number of halogens is 3. The van der Waals surface area contributed by atoms with Crippen LogP contribution in [0.15, 0.2) is 34.9 Å². The number of hydrogen-bond donors (Lipinski definition) is 0. The van der Waals surface area contributed by atoms with Crippen molar-refractivity contribution in [3.05, 3.63) is 41.7 Å². The highest BCUT2D eigenvalue weighted by molar-refractivity contribution is 5.90. The molecule has 3 rings (SSSR count). The molecule has 2 aromatic rings. The highest BCUT2D eigenvalue weighted by Crippen LogP contribution is 2.36. The zero-order chi connectivity index (χ0) is 18.0. The zero-order valence-corrected chi connectivity index (χ0v) is 12.9. The Balaban J connectivity index is 1.72. The smallest absolute Gasteiger partial charge is 0.417 e. The minimum atomic E-state index is -4.57. The summed E-state index contributed by atoms with van der Waals surface area (Å²) in [6.45, 7) is 0.794. The zero-order valence-electron chi connectivity index (χ0n) is 12.9. The fourth-order valence-electron chi connectivity index (χ4n) is 2.31. The predicted molar refractivity (Wildman–Crippen MR) is 78.4 cm³/mol. The Hall–Kier alpha value is -2.84. The van der Waals surface area contributed by atoms with E-state index in [0.717, 1.165) is 18.6 Å². The third-order valence-corrected chi connectivity index (χ3v) is 3.76. The maximum Gasteiger partial charge on any atom is 0.417 e. The topological polar surface area (TPSA) is 72.6 Å². The fourth-order valence-corrected chi connectivity index (χ4v) is 2.31. The number of likely N-dealkylation sites (tertiary alicyclic amines) is 1. The number of amides is 1. The molecule has 0 radical (unpaired) electrons. The summed E-state index contributed by atoms with van der Waals surface area (Å²) in [6.07, 6.45) is -3.66. The molecular formula is C16H13F3N2O4.